The number of anilines is 1. The van der Waals surface area contributed by atoms with Crippen LogP contribution in [0, 0.1) is 5.92 Å². The molecule has 2 atom stereocenters. The van der Waals surface area contributed by atoms with Crippen LogP contribution < -0.4 is 9.64 Å². The monoisotopic (exact) mass is 437 g/mol. The van der Waals surface area contributed by atoms with Gasteiger partial charge < -0.3 is 18.8 Å². The van der Waals surface area contributed by atoms with Crippen molar-refractivity contribution in [2.75, 3.05) is 38.4 Å². The minimum Gasteiger partial charge on any atom is -0.494 e. The number of ether oxygens (including phenoxy) is 3. The zero-order valence-corrected chi connectivity index (χ0v) is 18.5. The molecule has 4 rings (SSSR count). The molecule has 0 saturated carbocycles. The summed E-state index contributed by atoms with van der Waals surface area (Å²) in [6.45, 7) is 5.00. The minimum atomic E-state index is -1.05. The SMILES string of the molecule is CCOC(=O)[C@H]1C(=O)N(CCOC)c2nc3ccccc3n2[C@H]1c1ccc(OCC)cc1. The van der Waals surface area contributed by atoms with Gasteiger partial charge in [0.1, 0.15) is 5.75 Å². The number of benzene rings is 2. The molecule has 8 heteroatoms. The Morgan fingerprint density at radius 2 is 1.81 bits per heavy atom. The van der Waals surface area contributed by atoms with E-state index in [0.29, 0.717) is 19.2 Å². The van der Waals surface area contributed by atoms with Gasteiger partial charge in [-0.25, -0.2) is 4.98 Å². The third kappa shape index (κ3) is 3.82. The van der Waals surface area contributed by atoms with Gasteiger partial charge >= 0.3 is 5.97 Å². The van der Waals surface area contributed by atoms with Crippen molar-refractivity contribution in [2.24, 2.45) is 5.92 Å². The first kappa shape index (κ1) is 21.8. The first-order chi connectivity index (χ1) is 15.6. The molecular formula is C24H27N3O5. The Morgan fingerprint density at radius 3 is 2.50 bits per heavy atom. The highest BCUT2D eigenvalue weighted by molar-refractivity contribution is 6.08. The molecule has 1 aliphatic rings. The summed E-state index contributed by atoms with van der Waals surface area (Å²) in [5.74, 6) is -0.726. The summed E-state index contributed by atoms with van der Waals surface area (Å²) in [7, 11) is 1.57. The number of para-hydroxylation sites is 2. The van der Waals surface area contributed by atoms with E-state index in [1.165, 1.54) is 4.90 Å². The van der Waals surface area contributed by atoms with Crippen LogP contribution >= 0.6 is 0 Å². The Morgan fingerprint density at radius 1 is 1.06 bits per heavy atom. The lowest BCUT2D eigenvalue weighted by Crippen LogP contribution is -2.51. The molecular weight excluding hydrogens is 410 g/mol. The van der Waals surface area contributed by atoms with E-state index in [0.717, 1.165) is 22.3 Å². The molecule has 0 spiro atoms. The molecule has 1 aromatic heterocycles. The number of methoxy groups -OCH3 is 1. The molecule has 8 nitrogen and oxygen atoms in total. The van der Waals surface area contributed by atoms with E-state index >= 15 is 0 Å². The van der Waals surface area contributed by atoms with Crippen molar-refractivity contribution in [1.82, 2.24) is 9.55 Å². The number of imidazole rings is 1. The third-order valence-corrected chi connectivity index (χ3v) is 5.54. The summed E-state index contributed by atoms with van der Waals surface area (Å²) in [4.78, 5) is 33.0. The van der Waals surface area contributed by atoms with Gasteiger partial charge in [-0.05, 0) is 43.7 Å². The number of hydrogen-bond donors (Lipinski definition) is 0. The van der Waals surface area contributed by atoms with E-state index in [1.54, 1.807) is 14.0 Å². The highest BCUT2D eigenvalue weighted by atomic mass is 16.5. The van der Waals surface area contributed by atoms with Crippen molar-refractivity contribution in [3.05, 3.63) is 54.1 Å². The molecule has 2 heterocycles. The molecule has 0 saturated heterocycles. The van der Waals surface area contributed by atoms with Crippen molar-refractivity contribution < 1.29 is 23.8 Å². The van der Waals surface area contributed by atoms with Crippen molar-refractivity contribution in [3.8, 4) is 5.75 Å². The van der Waals surface area contributed by atoms with Gasteiger partial charge in [-0.15, -0.1) is 0 Å². The summed E-state index contributed by atoms with van der Waals surface area (Å²) < 4.78 is 18.1. The van der Waals surface area contributed by atoms with Gasteiger partial charge in [-0.3, -0.25) is 14.5 Å². The van der Waals surface area contributed by atoms with Gasteiger partial charge in [-0.2, -0.15) is 0 Å². The summed E-state index contributed by atoms with van der Waals surface area (Å²) in [5.41, 5.74) is 2.39. The fraction of sp³-hybridized carbons (Fsp3) is 0.375. The summed E-state index contributed by atoms with van der Waals surface area (Å²) in [6, 6.07) is 14.5. The fourth-order valence-corrected chi connectivity index (χ4v) is 4.17. The van der Waals surface area contributed by atoms with Crippen LogP contribution in [0.2, 0.25) is 0 Å². The molecule has 32 heavy (non-hydrogen) atoms. The predicted molar refractivity (Wildman–Crippen MR) is 120 cm³/mol. The summed E-state index contributed by atoms with van der Waals surface area (Å²) >= 11 is 0. The van der Waals surface area contributed by atoms with Gasteiger partial charge in [0.15, 0.2) is 5.92 Å². The second kappa shape index (κ2) is 9.40. The average Bonchev–Trinajstić information content (AvgIpc) is 3.18. The highest BCUT2D eigenvalue weighted by Crippen LogP contribution is 2.41. The maximum absolute atomic E-state index is 13.6. The van der Waals surface area contributed by atoms with E-state index in [-0.39, 0.29) is 19.1 Å². The number of fused-ring (bicyclic) bond motifs is 3. The number of rotatable bonds is 8. The molecule has 0 N–H and O–H groups in total. The van der Waals surface area contributed by atoms with Gasteiger partial charge in [-0.1, -0.05) is 24.3 Å². The lowest BCUT2D eigenvalue weighted by molar-refractivity contribution is -0.153. The van der Waals surface area contributed by atoms with Crippen LogP contribution in [0.3, 0.4) is 0 Å². The number of nitrogens with zero attached hydrogens (tertiary/aromatic N) is 3. The maximum Gasteiger partial charge on any atom is 0.321 e. The standard InChI is InChI=1S/C24H27N3O5/c1-4-31-17-12-10-16(11-13-17)21-20(23(29)32-5-2)22(28)26(14-15-30-3)24-25-18-8-6-7-9-19(18)27(21)24/h6-13,20-21H,4-5,14-15H2,1-3H3/t20-,21+/m1/s1. The van der Waals surface area contributed by atoms with E-state index in [1.807, 2.05) is 60.0 Å². The number of esters is 1. The quantitative estimate of drug-likeness (QED) is 0.398. The van der Waals surface area contributed by atoms with E-state index < -0.39 is 17.9 Å². The van der Waals surface area contributed by atoms with Crippen LogP contribution in [0.5, 0.6) is 5.75 Å². The van der Waals surface area contributed by atoms with Crippen molar-refractivity contribution in [2.45, 2.75) is 19.9 Å². The molecule has 168 valence electrons. The van der Waals surface area contributed by atoms with Crippen molar-refractivity contribution >= 4 is 28.9 Å². The minimum absolute atomic E-state index is 0.189. The summed E-state index contributed by atoms with van der Waals surface area (Å²) in [6.07, 6.45) is 0. The average molecular weight is 437 g/mol. The highest BCUT2D eigenvalue weighted by Gasteiger charge is 2.47. The van der Waals surface area contributed by atoms with Crippen molar-refractivity contribution in [3.63, 3.8) is 0 Å². The maximum atomic E-state index is 13.6. The largest absolute Gasteiger partial charge is 0.494 e. The predicted octanol–water partition coefficient (Wildman–Crippen LogP) is 3.20. The number of carbonyl (C=O) groups is 2. The molecule has 0 unspecified atom stereocenters. The Labute approximate surface area is 186 Å². The van der Waals surface area contributed by atoms with Gasteiger partial charge in [0, 0.05) is 7.11 Å². The second-order valence-corrected chi connectivity index (χ2v) is 7.43. The van der Waals surface area contributed by atoms with Crippen LogP contribution in [0.25, 0.3) is 11.0 Å². The van der Waals surface area contributed by atoms with Gasteiger partial charge in [0.2, 0.25) is 11.9 Å². The molecule has 0 aliphatic carbocycles. The number of carbonyl (C=O) groups excluding carboxylic acids is 2. The van der Waals surface area contributed by atoms with Crippen LogP contribution in [0.4, 0.5) is 5.95 Å². The zero-order valence-electron chi connectivity index (χ0n) is 18.5. The van der Waals surface area contributed by atoms with E-state index in [2.05, 4.69) is 0 Å². The molecule has 2 aromatic carbocycles. The number of amides is 1. The van der Waals surface area contributed by atoms with Crippen LogP contribution in [0.1, 0.15) is 25.5 Å². The Balaban J connectivity index is 1.92. The molecule has 0 fully saturated rings. The Kier molecular flexibility index (Phi) is 6.41. The lowest BCUT2D eigenvalue weighted by atomic mass is 9.89. The zero-order chi connectivity index (χ0) is 22.7. The third-order valence-electron chi connectivity index (χ3n) is 5.54. The molecule has 0 radical (unpaired) electrons. The molecule has 1 amide bonds. The van der Waals surface area contributed by atoms with Gasteiger partial charge in [0.05, 0.1) is 43.4 Å². The van der Waals surface area contributed by atoms with Gasteiger partial charge in [0.25, 0.3) is 0 Å². The lowest BCUT2D eigenvalue weighted by Gasteiger charge is -2.37. The molecule has 0 bridgehead atoms. The van der Waals surface area contributed by atoms with Crippen molar-refractivity contribution in [1.29, 1.82) is 0 Å². The first-order valence-electron chi connectivity index (χ1n) is 10.8. The molecule has 1 aliphatic heterocycles. The summed E-state index contributed by atoms with van der Waals surface area (Å²) in [5, 5.41) is 0. The van der Waals surface area contributed by atoms with E-state index in [9.17, 15) is 9.59 Å². The Hall–Kier alpha value is -3.39. The smallest absolute Gasteiger partial charge is 0.321 e. The molecule has 3 aromatic rings. The number of aromatic nitrogens is 2. The van der Waals surface area contributed by atoms with Crippen LogP contribution in [-0.2, 0) is 19.1 Å². The first-order valence-corrected chi connectivity index (χ1v) is 10.8. The normalized spacial score (nSPS) is 18.0. The van der Waals surface area contributed by atoms with Crippen LogP contribution in [-0.4, -0.2) is 54.9 Å². The Bertz CT molecular complexity index is 1110. The topological polar surface area (TPSA) is 82.9 Å². The van der Waals surface area contributed by atoms with E-state index in [4.69, 9.17) is 19.2 Å². The fourth-order valence-electron chi connectivity index (χ4n) is 4.17. The van der Waals surface area contributed by atoms with Crippen LogP contribution in [0.15, 0.2) is 48.5 Å². The number of hydrogen-bond acceptors (Lipinski definition) is 6. The second-order valence-electron chi connectivity index (χ2n) is 7.43.